The molecule has 0 unspecified atom stereocenters. The number of amides is 1. The molecule has 2 aromatic heterocycles. The van der Waals surface area contributed by atoms with Gasteiger partial charge in [-0.15, -0.1) is 0 Å². The molecule has 0 fully saturated rings. The lowest BCUT2D eigenvalue weighted by Crippen LogP contribution is -2.10. The third-order valence-corrected chi connectivity index (χ3v) is 3.20. The van der Waals surface area contributed by atoms with Gasteiger partial charge in [-0.3, -0.25) is 9.78 Å². The molecule has 108 valence electrons. The third kappa shape index (κ3) is 3.55. The normalized spacial score (nSPS) is 10.2. The Balaban J connectivity index is 1.77. The lowest BCUT2D eigenvalue weighted by atomic mass is 10.2. The zero-order valence-electron chi connectivity index (χ0n) is 12.0. The molecule has 0 bridgehead atoms. The van der Waals surface area contributed by atoms with Gasteiger partial charge in [-0.2, -0.15) is 0 Å². The van der Waals surface area contributed by atoms with E-state index in [1.807, 2.05) is 47.3 Å². The number of nitrogens with zero attached hydrogens (tertiary/aromatic N) is 3. The molecule has 3 aromatic rings. The Morgan fingerprint density at radius 1 is 0.955 bits per heavy atom. The molecule has 0 N–H and O–H groups in total. The van der Waals surface area contributed by atoms with Crippen LogP contribution in [-0.2, 0) is 6.54 Å². The van der Waals surface area contributed by atoms with Crippen LogP contribution in [0.25, 0.3) is 0 Å². The first-order chi connectivity index (χ1) is 10.8. The van der Waals surface area contributed by atoms with Crippen LogP contribution in [0.1, 0.15) is 16.1 Å². The molecule has 0 saturated carbocycles. The number of carbonyl (C=O) groups is 1. The van der Waals surface area contributed by atoms with E-state index in [1.54, 1.807) is 24.4 Å². The maximum atomic E-state index is 12.0. The van der Waals surface area contributed by atoms with Gasteiger partial charge < -0.3 is 4.57 Å². The molecule has 1 amide bonds. The Bertz CT molecular complexity index is 803. The standard InChI is InChI=1S/C18H15N3O/c22-18(17-8-4-5-11-19-17)20-16-9-12-21(13-10-16)14-15-6-2-1-3-7-15/h1-13H,14H2. The summed E-state index contributed by atoms with van der Waals surface area (Å²) >= 11 is 0. The van der Waals surface area contributed by atoms with Crippen molar-refractivity contribution in [2.24, 2.45) is 4.99 Å². The van der Waals surface area contributed by atoms with Gasteiger partial charge in [0.2, 0.25) is 0 Å². The number of rotatable bonds is 3. The van der Waals surface area contributed by atoms with E-state index in [2.05, 4.69) is 22.1 Å². The molecule has 2 heterocycles. The van der Waals surface area contributed by atoms with Gasteiger partial charge in [-0.25, -0.2) is 4.99 Å². The average molecular weight is 289 g/mol. The Hall–Kier alpha value is -3.01. The van der Waals surface area contributed by atoms with E-state index in [0.717, 1.165) is 6.54 Å². The molecular weight excluding hydrogens is 274 g/mol. The monoisotopic (exact) mass is 289 g/mol. The van der Waals surface area contributed by atoms with Crippen LogP contribution < -0.4 is 5.36 Å². The first-order valence-electron chi connectivity index (χ1n) is 7.01. The van der Waals surface area contributed by atoms with Gasteiger partial charge >= 0.3 is 0 Å². The Morgan fingerprint density at radius 3 is 2.36 bits per heavy atom. The highest BCUT2D eigenvalue weighted by molar-refractivity contribution is 5.92. The lowest BCUT2D eigenvalue weighted by Gasteiger charge is -2.05. The summed E-state index contributed by atoms with van der Waals surface area (Å²) in [6.07, 6.45) is 5.41. The van der Waals surface area contributed by atoms with Gasteiger partial charge in [0.1, 0.15) is 5.69 Å². The van der Waals surface area contributed by atoms with Crippen molar-refractivity contribution in [1.29, 1.82) is 0 Å². The fraction of sp³-hybridized carbons (Fsp3) is 0.0556. The summed E-state index contributed by atoms with van der Waals surface area (Å²) in [5, 5.41) is 0.625. The predicted octanol–water partition coefficient (Wildman–Crippen LogP) is 2.67. The van der Waals surface area contributed by atoms with E-state index < -0.39 is 0 Å². The predicted molar refractivity (Wildman–Crippen MR) is 84.1 cm³/mol. The van der Waals surface area contributed by atoms with Crippen molar-refractivity contribution in [3.8, 4) is 0 Å². The second kappa shape index (κ2) is 6.63. The van der Waals surface area contributed by atoms with E-state index in [-0.39, 0.29) is 5.91 Å². The minimum absolute atomic E-state index is 0.332. The van der Waals surface area contributed by atoms with Crippen molar-refractivity contribution in [3.63, 3.8) is 0 Å². The Kier molecular flexibility index (Phi) is 4.20. The molecule has 0 aliphatic heterocycles. The SMILES string of the molecule is O=C(N=c1ccn(Cc2ccccc2)cc1)c1ccccn1. The van der Waals surface area contributed by atoms with Crippen molar-refractivity contribution in [2.75, 3.05) is 0 Å². The highest BCUT2D eigenvalue weighted by Gasteiger charge is 2.02. The van der Waals surface area contributed by atoms with E-state index in [9.17, 15) is 4.79 Å². The van der Waals surface area contributed by atoms with Gasteiger partial charge in [0.25, 0.3) is 5.91 Å². The average Bonchev–Trinajstić information content (AvgIpc) is 2.58. The quantitative estimate of drug-likeness (QED) is 0.744. The maximum Gasteiger partial charge on any atom is 0.296 e. The summed E-state index contributed by atoms with van der Waals surface area (Å²) in [6.45, 7) is 0.787. The summed E-state index contributed by atoms with van der Waals surface area (Å²) in [4.78, 5) is 20.0. The molecule has 1 aromatic carbocycles. The number of hydrogen-bond donors (Lipinski definition) is 0. The van der Waals surface area contributed by atoms with Crippen molar-refractivity contribution in [3.05, 3.63) is 95.9 Å². The van der Waals surface area contributed by atoms with Crippen LogP contribution in [-0.4, -0.2) is 15.5 Å². The summed E-state index contributed by atoms with van der Waals surface area (Å²) in [5.41, 5.74) is 1.57. The zero-order valence-corrected chi connectivity index (χ0v) is 12.0. The van der Waals surface area contributed by atoms with Crippen LogP contribution in [0.15, 0.2) is 84.2 Å². The number of carbonyl (C=O) groups excluding carboxylic acids is 1. The lowest BCUT2D eigenvalue weighted by molar-refractivity contribution is 0.0993. The van der Waals surface area contributed by atoms with Crippen molar-refractivity contribution < 1.29 is 4.79 Å². The number of hydrogen-bond acceptors (Lipinski definition) is 2. The molecule has 22 heavy (non-hydrogen) atoms. The molecule has 0 aliphatic rings. The molecule has 4 heteroatoms. The number of aromatic nitrogens is 2. The Labute approximate surface area is 128 Å². The van der Waals surface area contributed by atoms with Crippen LogP contribution in [0, 0.1) is 0 Å². The fourth-order valence-electron chi connectivity index (χ4n) is 2.09. The fourth-order valence-corrected chi connectivity index (χ4v) is 2.09. The summed E-state index contributed by atoms with van der Waals surface area (Å²) in [7, 11) is 0. The van der Waals surface area contributed by atoms with Crippen LogP contribution in [0.2, 0.25) is 0 Å². The maximum absolute atomic E-state index is 12.0. The van der Waals surface area contributed by atoms with E-state index >= 15 is 0 Å². The molecule has 0 saturated heterocycles. The van der Waals surface area contributed by atoms with Crippen LogP contribution in [0.5, 0.6) is 0 Å². The van der Waals surface area contributed by atoms with E-state index in [0.29, 0.717) is 11.1 Å². The summed E-state index contributed by atoms with van der Waals surface area (Å²) < 4.78 is 2.04. The largest absolute Gasteiger partial charge is 0.350 e. The smallest absolute Gasteiger partial charge is 0.296 e. The molecule has 0 radical (unpaired) electrons. The highest BCUT2D eigenvalue weighted by atomic mass is 16.1. The first-order valence-corrected chi connectivity index (χ1v) is 7.01. The van der Waals surface area contributed by atoms with E-state index in [1.165, 1.54) is 5.56 Å². The molecule has 0 spiro atoms. The van der Waals surface area contributed by atoms with Gasteiger partial charge in [0.15, 0.2) is 0 Å². The van der Waals surface area contributed by atoms with Gasteiger partial charge in [-0.1, -0.05) is 36.4 Å². The number of benzene rings is 1. The van der Waals surface area contributed by atoms with Crippen LogP contribution >= 0.6 is 0 Å². The number of pyridine rings is 2. The first kappa shape index (κ1) is 13.9. The van der Waals surface area contributed by atoms with Crippen LogP contribution in [0.3, 0.4) is 0 Å². The van der Waals surface area contributed by atoms with Gasteiger partial charge in [0.05, 0.1) is 5.36 Å². The molecular formula is C18H15N3O. The molecule has 0 aliphatic carbocycles. The van der Waals surface area contributed by atoms with Crippen molar-refractivity contribution in [2.45, 2.75) is 6.54 Å². The summed E-state index contributed by atoms with van der Waals surface area (Å²) in [5.74, 6) is -0.332. The molecule has 0 atom stereocenters. The van der Waals surface area contributed by atoms with Gasteiger partial charge in [-0.05, 0) is 29.8 Å². The second-order valence-corrected chi connectivity index (χ2v) is 4.85. The van der Waals surface area contributed by atoms with Gasteiger partial charge in [0, 0.05) is 25.1 Å². The van der Waals surface area contributed by atoms with Crippen molar-refractivity contribution >= 4 is 5.91 Å². The second-order valence-electron chi connectivity index (χ2n) is 4.85. The topological polar surface area (TPSA) is 47.2 Å². The third-order valence-electron chi connectivity index (χ3n) is 3.20. The summed E-state index contributed by atoms with van der Waals surface area (Å²) in [6, 6.07) is 19.0. The highest BCUT2D eigenvalue weighted by Crippen LogP contribution is 2.01. The minimum atomic E-state index is -0.332. The minimum Gasteiger partial charge on any atom is -0.350 e. The molecule has 4 nitrogen and oxygen atoms in total. The molecule has 3 rings (SSSR count). The van der Waals surface area contributed by atoms with Crippen molar-refractivity contribution in [1.82, 2.24) is 9.55 Å². The Morgan fingerprint density at radius 2 is 1.68 bits per heavy atom. The van der Waals surface area contributed by atoms with E-state index in [4.69, 9.17) is 0 Å². The zero-order chi connectivity index (χ0) is 15.2. The van der Waals surface area contributed by atoms with Crippen LogP contribution in [0.4, 0.5) is 0 Å².